The van der Waals surface area contributed by atoms with E-state index >= 15 is 0 Å². The summed E-state index contributed by atoms with van der Waals surface area (Å²) in [5.41, 5.74) is -2.29. The summed E-state index contributed by atoms with van der Waals surface area (Å²) in [6.45, 7) is 0. The summed E-state index contributed by atoms with van der Waals surface area (Å²) < 4.78 is 57.0. The number of esters is 1. The molecule has 0 fully saturated rings. The number of rotatable bonds is 3. The van der Waals surface area contributed by atoms with Crippen molar-refractivity contribution in [2.75, 3.05) is 12.4 Å². The third-order valence-electron chi connectivity index (χ3n) is 3.11. The number of anilines is 1. The highest BCUT2D eigenvalue weighted by Crippen LogP contribution is 2.32. The highest BCUT2D eigenvalue weighted by Gasteiger charge is 2.35. The lowest BCUT2D eigenvalue weighted by Crippen LogP contribution is -2.19. The second kappa shape index (κ2) is 6.69. The Morgan fingerprint density at radius 1 is 1.08 bits per heavy atom. The smallest absolute Gasteiger partial charge is 0.417 e. The van der Waals surface area contributed by atoms with Gasteiger partial charge in [-0.05, 0) is 30.3 Å². The Kier molecular flexibility index (Phi) is 4.87. The van der Waals surface area contributed by atoms with Crippen LogP contribution in [0, 0.1) is 5.82 Å². The van der Waals surface area contributed by atoms with Crippen molar-refractivity contribution < 1.29 is 31.9 Å². The van der Waals surface area contributed by atoms with Crippen LogP contribution in [0.25, 0.3) is 0 Å². The largest absolute Gasteiger partial charge is 0.465 e. The molecule has 0 bridgehead atoms. The molecule has 0 heterocycles. The number of hydrogen-bond donors (Lipinski definition) is 1. The lowest BCUT2D eigenvalue weighted by atomic mass is 10.1. The van der Waals surface area contributed by atoms with Crippen LogP contribution in [0.2, 0.25) is 0 Å². The van der Waals surface area contributed by atoms with Gasteiger partial charge in [-0.2, -0.15) is 13.2 Å². The van der Waals surface area contributed by atoms with Gasteiger partial charge in [0.1, 0.15) is 5.82 Å². The fourth-order valence-corrected chi connectivity index (χ4v) is 1.98. The second-order valence-electron chi connectivity index (χ2n) is 4.68. The van der Waals surface area contributed by atoms with E-state index in [1.807, 2.05) is 5.32 Å². The number of carbonyl (C=O) groups excluding carboxylic acids is 2. The third-order valence-corrected chi connectivity index (χ3v) is 3.11. The summed E-state index contributed by atoms with van der Waals surface area (Å²) in [6.07, 6.45) is -4.74. The minimum Gasteiger partial charge on any atom is -0.465 e. The van der Waals surface area contributed by atoms with Crippen molar-refractivity contribution in [1.82, 2.24) is 0 Å². The minimum atomic E-state index is -4.74. The lowest BCUT2D eigenvalue weighted by Gasteiger charge is -2.13. The molecular weight excluding hydrogens is 330 g/mol. The van der Waals surface area contributed by atoms with Crippen LogP contribution in [0.4, 0.5) is 23.2 Å². The summed E-state index contributed by atoms with van der Waals surface area (Å²) in [4.78, 5) is 23.5. The number of benzene rings is 2. The van der Waals surface area contributed by atoms with E-state index in [1.54, 1.807) is 0 Å². The predicted octanol–water partition coefficient (Wildman–Crippen LogP) is 3.88. The maximum atomic E-state index is 13.8. The summed E-state index contributed by atoms with van der Waals surface area (Å²) in [6, 6.07) is 7.12. The molecular formula is C16H11F4NO3. The average Bonchev–Trinajstić information content (AvgIpc) is 2.55. The maximum absolute atomic E-state index is 13.8. The third kappa shape index (κ3) is 3.70. The maximum Gasteiger partial charge on any atom is 0.417 e. The first kappa shape index (κ1) is 17.5. The van der Waals surface area contributed by atoms with Crippen molar-refractivity contribution in [3.63, 3.8) is 0 Å². The van der Waals surface area contributed by atoms with Gasteiger partial charge in [-0.15, -0.1) is 0 Å². The lowest BCUT2D eigenvalue weighted by molar-refractivity contribution is -0.137. The Balaban J connectivity index is 2.36. The Morgan fingerprint density at radius 3 is 2.38 bits per heavy atom. The van der Waals surface area contributed by atoms with E-state index < -0.39 is 40.7 Å². The molecule has 126 valence electrons. The molecule has 1 N–H and O–H groups in total. The van der Waals surface area contributed by atoms with E-state index in [-0.39, 0.29) is 5.56 Å². The summed E-state index contributed by atoms with van der Waals surface area (Å²) in [5, 5.41) is 2.04. The SMILES string of the molecule is COC(=O)c1ccc(F)c(NC(=O)c2ccccc2C(F)(F)F)c1. The number of carbonyl (C=O) groups is 2. The zero-order valence-corrected chi connectivity index (χ0v) is 12.3. The van der Waals surface area contributed by atoms with Crippen LogP contribution in [0.1, 0.15) is 26.3 Å². The van der Waals surface area contributed by atoms with Crippen molar-refractivity contribution in [2.24, 2.45) is 0 Å². The molecule has 0 aliphatic heterocycles. The molecule has 0 saturated heterocycles. The van der Waals surface area contributed by atoms with Crippen LogP contribution in [0.5, 0.6) is 0 Å². The fourth-order valence-electron chi connectivity index (χ4n) is 1.98. The number of halogens is 4. The van der Waals surface area contributed by atoms with Gasteiger partial charge in [-0.25, -0.2) is 9.18 Å². The van der Waals surface area contributed by atoms with Crippen LogP contribution in [0.3, 0.4) is 0 Å². The van der Waals surface area contributed by atoms with Gasteiger partial charge in [0.05, 0.1) is 29.5 Å². The average molecular weight is 341 g/mol. The predicted molar refractivity (Wildman–Crippen MR) is 77.1 cm³/mol. The highest BCUT2D eigenvalue weighted by atomic mass is 19.4. The normalized spacial score (nSPS) is 11.0. The van der Waals surface area contributed by atoms with Crippen LogP contribution in [-0.2, 0) is 10.9 Å². The van der Waals surface area contributed by atoms with Gasteiger partial charge in [-0.3, -0.25) is 4.79 Å². The number of ether oxygens (including phenoxy) is 1. The molecule has 0 aliphatic carbocycles. The summed E-state index contributed by atoms with van der Waals surface area (Å²) >= 11 is 0. The molecule has 0 aromatic heterocycles. The van der Waals surface area contributed by atoms with Crippen molar-refractivity contribution in [2.45, 2.75) is 6.18 Å². The van der Waals surface area contributed by atoms with E-state index in [0.29, 0.717) is 0 Å². The van der Waals surface area contributed by atoms with Crippen LogP contribution < -0.4 is 5.32 Å². The molecule has 0 radical (unpaired) electrons. The standard InChI is InChI=1S/C16H11F4NO3/c1-24-15(23)9-6-7-12(17)13(8-9)21-14(22)10-4-2-3-5-11(10)16(18,19)20/h2-8H,1H3,(H,21,22). The number of amides is 1. The molecule has 24 heavy (non-hydrogen) atoms. The number of nitrogens with one attached hydrogen (secondary N) is 1. The fraction of sp³-hybridized carbons (Fsp3) is 0.125. The first-order chi connectivity index (χ1) is 11.2. The van der Waals surface area contributed by atoms with Crippen molar-refractivity contribution in [1.29, 1.82) is 0 Å². The Morgan fingerprint density at radius 2 is 1.75 bits per heavy atom. The Bertz CT molecular complexity index is 787. The van der Waals surface area contributed by atoms with Gasteiger partial charge < -0.3 is 10.1 Å². The summed E-state index contributed by atoms with van der Waals surface area (Å²) in [7, 11) is 1.11. The van der Waals surface area contributed by atoms with Crippen LogP contribution in [-0.4, -0.2) is 19.0 Å². The van der Waals surface area contributed by atoms with Gasteiger partial charge in [0, 0.05) is 0 Å². The molecule has 0 unspecified atom stereocenters. The topological polar surface area (TPSA) is 55.4 Å². The van der Waals surface area contributed by atoms with Crippen molar-refractivity contribution in [3.8, 4) is 0 Å². The number of alkyl halides is 3. The Hall–Kier alpha value is -2.90. The quantitative estimate of drug-likeness (QED) is 0.681. The van der Waals surface area contributed by atoms with E-state index in [1.165, 1.54) is 6.07 Å². The van der Waals surface area contributed by atoms with Gasteiger partial charge in [0.15, 0.2) is 0 Å². The van der Waals surface area contributed by atoms with Gasteiger partial charge in [-0.1, -0.05) is 12.1 Å². The molecule has 8 heteroatoms. The molecule has 2 aromatic carbocycles. The van der Waals surface area contributed by atoms with E-state index in [4.69, 9.17) is 0 Å². The molecule has 0 spiro atoms. The monoisotopic (exact) mass is 341 g/mol. The Labute approximate surface area is 134 Å². The molecule has 0 aliphatic rings. The van der Waals surface area contributed by atoms with E-state index in [2.05, 4.69) is 4.74 Å². The minimum absolute atomic E-state index is 0.0571. The van der Waals surface area contributed by atoms with Crippen molar-refractivity contribution >= 4 is 17.6 Å². The van der Waals surface area contributed by atoms with E-state index in [0.717, 1.165) is 43.5 Å². The second-order valence-corrected chi connectivity index (χ2v) is 4.68. The zero-order chi connectivity index (χ0) is 17.9. The van der Waals surface area contributed by atoms with Gasteiger partial charge in [0.25, 0.3) is 5.91 Å². The van der Waals surface area contributed by atoms with Crippen LogP contribution >= 0.6 is 0 Å². The molecule has 0 saturated carbocycles. The van der Waals surface area contributed by atoms with Crippen LogP contribution in [0.15, 0.2) is 42.5 Å². The first-order valence-corrected chi connectivity index (χ1v) is 6.59. The molecule has 2 aromatic rings. The zero-order valence-electron chi connectivity index (χ0n) is 12.3. The molecule has 2 rings (SSSR count). The van der Waals surface area contributed by atoms with Gasteiger partial charge in [0.2, 0.25) is 0 Å². The molecule has 0 atom stereocenters. The van der Waals surface area contributed by atoms with Gasteiger partial charge >= 0.3 is 12.1 Å². The molecule has 1 amide bonds. The highest BCUT2D eigenvalue weighted by molar-refractivity contribution is 6.06. The first-order valence-electron chi connectivity index (χ1n) is 6.59. The molecule has 4 nitrogen and oxygen atoms in total. The number of methoxy groups -OCH3 is 1. The van der Waals surface area contributed by atoms with Crippen molar-refractivity contribution in [3.05, 3.63) is 65.0 Å². The van der Waals surface area contributed by atoms with E-state index in [9.17, 15) is 27.2 Å². The summed E-state index contributed by atoms with van der Waals surface area (Å²) in [5.74, 6) is -2.83. The number of hydrogen-bond acceptors (Lipinski definition) is 3.